The van der Waals surface area contributed by atoms with Gasteiger partial charge in [-0.05, 0) is 12.8 Å². The van der Waals surface area contributed by atoms with Crippen molar-refractivity contribution in [2.24, 2.45) is 32.9 Å². The fourth-order valence-electron chi connectivity index (χ4n) is 2.10. The number of carboxylic acid groups (broad SMARTS) is 2. The van der Waals surface area contributed by atoms with Crippen LogP contribution in [0.2, 0.25) is 0 Å². The Morgan fingerprint density at radius 1 is 0.857 bits per heavy atom. The van der Waals surface area contributed by atoms with Gasteiger partial charge in [0.25, 0.3) is 0 Å². The van der Waals surface area contributed by atoms with Crippen molar-refractivity contribution in [2.45, 2.75) is 66.7 Å². The van der Waals surface area contributed by atoms with E-state index in [2.05, 4.69) is 20.6 Å². The van der Waals surface area contributed by atoms with Crippen LogP contribution in [0.15, 0.2) is 9.98 Å². The van der Waals surface area contributed by atoms with Crippen LogP contribution in [-0.4, -0.2) is 71.3 Å². The Kier molecular flexibility index (Phi) is 18.2. The van der Waals surface area contributed by atoms with Gasteiger partial charge < -0.3 is 43.8 Å². The number of aliphatic carboxylic acids is 2. The fraction of sp³-hybridized carbons (Fsp3) is 0.750. The van der Waals surface area contributed by atoms with E-state index in [1.165, 1.54) is 0 Å². The topological polar surface area (TPSA) is 227 Å². The van der Waals surface area contributed by atoms with Crippen LogP contribution in [0.5, 0.6) is 0 Å². The van der Waals surface area contributed by atoms with Gasteiger partial charge in [0.15, 0.2) is 11.9 Å². The molecular weight excluding hydrogens is 368 g/mol. The maximum absolute atomic E-state index is 10.3. The smallest absolute Gasteiger partial charge is 0.320 e. The van der Waals surface area contributed by atoms with Gasteiger partial charge in [0.1, 0.15) is 12.1 Å². The predicted octanol–water partition coefficient (Wildman–Crippen LogP) is -1.31. The summed E-state index contributed by atoms with van der Waals surface area (Å²) in [5, 5.41) is 22.6. The third kappa shape index (κ3) is 11.9. The number of hydrogen-bond acceptors (Lipinski definition) is 10. The van der Waals surface area contributed by atoms with Gasteiger partial charge in [-0.15, -0.1) is 0 Å². The van der Waals surface area contributed by atoms with Crippen LogP contribution < -0.4 is 33.6 Å². The number of carbonyl (C=O) groups is 2. The number of nitrogens with one attached hydrogen (secondary N) is 2. The first-order valence-corrected chi connectivity index (χ1v) is 7.28. The second kappa shape index (κ2) is 15.5. The number of hydrogen-bond donors (Lipinski definition) is 8. The molecule has 0 aromatic carbocycles. The van der Waals surface area contributed by atoms with Crippen molar-refractivity contribution in [1.82, 2.24) is 10.6 Å². The monoisotopic (exact) mass is 408 g/mol. The maximum Gasteiger partial charge on any atom is 0.320 e. The molecule has 0 amide bonds. The normalized spacial score (nSPS) is 20.9. The Morgan fingerprint density at radius 2 is 1.14 bits per heavy atom. The Labute approximate surface area is 167 Å². The van der Waals surface area contributed by atoms with Gasteiger partial charge in [-0.25, -0.2) is 0 Å². The highest BCUT2D eigenvalue weighted by Gasteiger charge is 2.22. The summed E-state index contributed by atoms with van der Waals surface area (Å²) in [5.41, 5.74) is 21.3. The molecule has 0 aromatic rings. The van der Waals surface area contributed by atoms with Crippen LogP contribution in [0.4, 0.5) is 0 Å². The van der Waals surface area contributed by atoms with Gasteiger partial charge in [0, 0.05) is 0 Å². The summed E-state index contributed by atoms with van der Waals surface area (Å²) in [6, 6.07) is -1.75. The van der Waals surface area contributed by atoms with E-state index in [-0.39, 0.29) is 41.8 Å². The molecule has 12 N–H and O–H groups in total. The molecule has 0 aliphatic carbocycles. The molecule has 0 aromatic heterocycles. The Morgan fingerprint density at radius 3 is 1.32 bits per heavy atom. The molecule has 12 heteroatoms. The third-order valence-corrected chi connectivity index (χ3v) is 3.38. The van der Waals surface area contributed by atoms with Gasteiger partial charge >= 0.3 is 11.9 Å². The molecule has 28 heavy (non-hydrogen) atoms. The van der Waals surface area contributed by atoms with Gasteiger partial charge in [-0.1, -0.05) is 29.7 Å². The molecule has 2 rings (SSSR count). The largest absolute Gasteiger partial charge is 0.480 e. The first kappa shape index (κ1) is 33.0. The summed E-state index contributed by atoms with van der Waals surface area (Å²) in [6.07, 6.45) is 0.694. The lowest BCUT2D eigenvalue weighted by Gasteiger charge is -2.12. The Bertz CT molecular complexity index is 481. The van der Waals surface area contributed by atoms with Crippen molar-refractivity contribution in [3.63, 3.8) is 0 Å². The zero-order valence-corrected chi connectivity index (χ0v) is 13.1. The number of carboxylic acids is 2. The van der Waals surface area contributed by atoms with Crippen molar-refractivity contribution in [3.8, 4) is 0 Å². The number of guanidine groups is 2. The van der Waals surface area contributed by atoms with E-state index in [1.54, 1.807) is 0 Å². The molecule has 0 saturated carbocycles. The summed E-state index contributed by atoms with van der Waals surface area (Å²) in [5.74, 6) is -1.28. The van der Waals surface area contributed by atoms with E-state index in [4.69, 9.17) is 33.1 Å². The van der Waals surface area contributed by atoms with E-state index < -0.39 is 24.0 Å². The average Bonchev–Trinajstić information content (AvgIpc) is 3.08. The van der Waals surface area contributed by atoms with Crippen molar-refractivity contribution < 1.29 is 19.8 Å². The van der Waals surface area contributed by atoms with E-state index in [9.17, 15) is 9.59 Å². The molecule has 0 spiro atoms. The molecule has 0 saturated heterocycles. The molecule has 0 bridgehead atoms. The molecule has 12 nitrogen and oxygen atoms in total. The van der Waals surface area contributed by atoms with Crippen LogP contribution in [0.1, 0.15) is 42.5 Å². The molecule has 2 heterocycles. The molecular formula is C16H40N8O4. The second-order valence-corrected chi connectivity index (χ2v) is 5.50. The van der Waals surface area contributed by atoms with Gasteiger partial charge in [-0.3, -0.25) is 19.6 Å². The maximum atomic E-state index is 10.3. The van der Waals surface area contributed by atoms with E-state index in [1.807, 2.05) is 0 Å². The summed E-state index contributed by atoms with van der Waals surface area (Å²) >= 11 is 0. The SMILES string of the molecule is C.C.C.C.NC1=NC[C@@H](C[C@@H](N)C(=O)O)N1.NC1=NC[C@H](C[C@@H](N)C(=O)O)N1. The van der Waals surface area contributed by atoms with Crippen LogP contribution in [0, 0.1) is 0 Å². The predicted molar refractivity (Wildman–Crippen MR) is 114 cm³/mol. The zero-order chi connectivity index (χ0) is 18.3. The molecule has 0 fully saturated rings. The standard InChI is InChI=1S/2C6H12N4O2.4CH4/c2*7-4(5(11)12)1-3-2-9-6(8)10-3;;;;/h2*3-4H,1-2,7H2,(H,11,12)(H3,8,9,10);4*1H4/t3-,4+;3-,4-;;;;/m01..../s1. The molecule has 2 aliphatic heterocycles. The number of nitrogens with two attached hydrogens (primary N) is 4. The molecule has 2 aliphatic rings. The fourth-order valence-corrected chi connectivity index (χ4v) is 2.10. The van der Waals surface area contributed by atoms with E-state index in [0.717, 1.165) is 0 Å². The molecule has 0 unspecified atom stereocenters. The highest BCUT2D eigenvalue weighted by Crippen LogP contribution is 2.02. The summed E-state index contributed by atoms with van der Waals surface area (Å²) in [7, 11) is 0. The lowest BCUT2D eigenvalue weighted by Crippen LogP contribution is -2.41. The quantitative estimate of drug-likeness (QED) is 0.259. The highest BCUT2D eigenvalue weighted by molar-refractivity contribution is 5.80. The minimum absolute atomic E-state index is 0. The van der Waals surface area contributed by atoms with E-state index in [0.29, 0.717) is 37.9 Å². The summed E-state index contributed by atoms with van der Waals surface area (Å²) in [4.78, 5) is 28.4. The second-order valence-electron chi connectivity index (χ2n) is 5.50. The summed E-state index contributed by atoms with van der Waals surface area (Å²) < 4.78 is 0. The Balaban J connectivity index is -0.000000180. The third-order valence-electron chi connectivity index (χ3n) is 3.38. The Hall–Kier alpha value is -2.60. The van der Waals surface area contributed by atoms with Crippen LogP contribution in [-0.2, 0) is 9.59 Å². The minimum atomic E-state index is -0.998. The van der Waals surface area contributed by atoms with Gasteiger partial charge in [-0.2, -0.15) is 0 Å². The van der Waals surface area contributed by atoms with Crippen molar-refractivity contribution >= 4 is 23.9 Å². The van der Waals surface area contributed by atoms with Crippen LogP contribution >= 0.6 is 0 Å². The zero-order valence-electron chi connectivity index (χ0n) is 13.1. The highest BCUT2D eigenvalue weighted by atomic mass is 16.4. The van der Waals surface area contributed by atoms with Crippen molar-refractivity contribution in [1.29, 1.82) is 0 Å². The van der Waals surface area contributed by atoms with Crippen molar-refractivity contribution in [2.75, 3.05) is 13.1 Å². The molecule has 168 valence electrons. The van der Waals surface area contributed by atoms with E-state index >= 15 is 0 Å². The lowest BCUT2D eigenvalue weighted by atomic mass is 10.1. The summed E-state index contributed by atoms with van der Waals surface area (Å²) in [6.45, 7) is 1.01. The van der Waals surface area contributed by atoms with Crippen LogP contribution in [0.25, 0.3) is 0 Å². The molecule has 4 atom stereocenters. The first-order chi connectivity index (χ1) is 11.2. The molecule has 0 radical (unpaired) electrons. The number of aliphatic imine (C=N–C) groups is 2. The average molecular weight is 409 g/mol. The van der Waals surface area contributed by atoms with Crippen LogP contribution in [0.3, 0.4) is 0 Å². The number of rotatable bonds is 6. The lowest BCUT2D eigenvalue weighted by molar-refractivity contribution is -0.139. The minimum Gasteiger partial charge on any atom is -0.480 e. The van der Waals surface area contributed by atoms with Gasteiger partial charge in [0.2, 0.25) is 0 Å². The first-order valence-electron chi connectivity index (χ1n) is 7.28. The number of nitrogens with zero attached hydrogens (tertiary/aromatic N) is 2. The van der Waals surface area contributed by atoms with Crippen molar-refractivity contribution in [3.05, 3.63) is 0 Å². The van der Waals surface area contributed by atoms with Gasteiger partial charge in [0.05, 0.1) is 25.2 Å².